The van der Waals surface area contributed by atoms with Gasteiger partial charge in [-0.05, 0) is 18.6 Å². The number of carbonyl (C=O) groups excluding carboxylic acids is 1. The largest absolute Gasteiger partial charge is 0.465 e. The number of alkyl halides is 2. The summed E-state index contributed by atoms with van der Waals surface area (Å²) >= 11 is 0. The van der Waals surface area contributed by atoms with Crippen molar-refractivity contribution in [2.75, 3.05) is 13.2 Å². The molecule has 0 saturated heterocycles. The second kappa shape index (κ2) is 6.96. The molecule has 0 bridgehead atoms. The fraction of sp³-hybridized carbons (Fsp3) is 0.417. The van der Waals surface area contributed by atoms with Gasteiger partial charge in [-0.2, -0.15) is 0 Å². The fourth-order valence-corrected chi connectivity index (χ4v) is 1.36. The molecule has 0 heterocycles. The van der Waals surface area contributed by atoms with E-state index >= 15 is 0 Å². The molecule has 0 aliphatic rings. The Kier molecular flexibility index (Phi) is 5.56. The summed E-state index contributed by atoms with van der Waals surface area (Å²) in [4.78, 5) is 11.0. The van der Waals surface area contributed by atoms with Gasteiger partial charge in [0, 0.05) is 12.1 Å². The summed E-state index contributed by atoms with van der Waals surface area (Å²) in [6.45, 7) is 2.50. The Labute approximate surface area is 98.8 Å². The van der Waals surface area contributed by atoms with Crippen LogP contribution in [0.1, 0.15) is 24.5 Å². The number of hydrogen-bond donors (Lipinski definition) is 1. The van der Waals surface area contributed by atoms with Crippen LogP contribution in [0, 0.1) is 0 Å². The lowest BCUT2D eigenvalue weighted by molar-refractivity contribution is -0.142. The average Bonchev–Trinajstić information content (AvgIpc) is 2.30. The average molecular weight is 243 g/mol. The third-order valence-corrected chi connectivity index (χ3v) is 2.11. The maximum atomic E-state index is 12.4. The molecule has 0 saturated carbocycles. The van der Waals surface area contributed by atoms with Crippen LogP contribution in [0.2, 0.25) is 0 Å². The highest BCUT2D eigenvalue weighted by Crippen LogP contribution is 2.19. The van der Waals surface area contributed by atoms with Gasteiger partial charge in [0.15, 0.2) is 0 Å². The van der Waals surface area contributed by atoms with Gasteiger partial charge in [0.25, 0.3) is 6.43 Å². The van der Waals surface area contributed by atoms with Gasteiger partial charge in [-0.3, -0.25) is 4.79 Å². The van der Waals surface area contributed by atoms with Crippen molar-refractivity contribution < 1.29 is 18.3 Å². The van der Waals surface area contributed by atoms with E-state index in [2.05, 4.69) is 5.32 Å². The zero-order chi connectivity index (χ0) is 12.7. The molecule has 1 N–H and O–H groups in total. The third kappa shape index (κ3) is 4.91. The summed E-state index contributed by atoms with van der Waals surface area (Å²) in [7, 11) is 0. The van der Waals surface area contributed by atoms with E-state index < -0.39 is 6.43 Å². The summed E-state index contributed by atoms with van der Waals surface area (Å²) in [5.74, 6) is -0.350. The van der Waals surface area contributed by atoms with Gasteiger partial charge >= 0.3 is 5.97 Å². The second-order valence-electron chi connectivity index (χ2n) is 3.45. The molecule has 1 rings (SSSR count). The summed E-state index contributed by atoms with van der Waals surface area (Å²) in [5, 5.41) is 2.83. The highest BCUT2D eigenvalue weighted by Gasteiger charge is 2.07. The number of halogens is 2. The van der Waals surface area contributed by atoms with Crippen LogP contribution in [0.4, 0.5) is 8.78 Å². The second-order valence-corrected chi connectivity index (χ2v) is 3.45. The zero-order valence-electron chi connectivity index (χ0n) is 9.58. The van der Waals surface area contributed by atoms with E-state index in [4.69, 9.17) is 4.74 Å². The van der Waals surface area contributed by atoms with E-state index in [0.29, 0.717) is 18.7 Å². The van der Waals surface area contributed by atoms with Gasteiger partial charge in [-0.15, -0.1) is 0 Å². The number of carbonyl (C=O) groups is 1. The molecule has 0 fully saturated rings. The van der Waals surface area contributed by atoms with Crippen LogP contribution in [0.15, 0.2) is 24.3 Å². The van der Waals surface area contributed by atoms with E-state index in [9.17, 15) is 13.6 Å². The lowest BCUT2D eigenvalue weighted by Crippen LogP contribution is -2.24. The smallest absolute Gasteiger partial charge is 0.319 e. The number of benzene rings is 1. The van der Waals surface area contributed by atoms with Crippen LogP contribution in [-0.2, 0) is 16.1 Å². The Bertz CT molecular complexity index is 369. The summed E-state index contributed by atoms with van der Waals surface area (Å²) in [6, 6.07) is 6.09. The SMILES string of the molecule is CCOC(=O)CNCc1cccc(C(F)F)c1. The maximum absolute atomic E-state index is 12.4. The maximum Gasteiger partial charge on any atom is 0.319 e. The van der Waals surface area contributed by atoms with E-state index in [1.807, 2.05) is 0 Å². The molecule has 3 nitrogen and oxygen atoms in total. The predicted molar refractivity (Wildman–Crippen MR) is 59.7 cm³/mol. The number of rotatable bonds is 6. The predicted octanol–water partition coefficient (Wildman–Crippen LogP) is 2.28. The number of nitrogens with one attached hydrogen (secondary N) is 1. The Balaban J connectivity index is 2.41. The molecular formula is C12H15F2NO2. The minimum Gasteiger partial charge on any atom is -0.465 e. The molecule has 0 aliphatic carbocycles. The van der Waals surface area contributed by atoms with Crippen molar-refractivity contribution in [1.29, 1.82) is 0 Å². The molecule has 0 radical (unpaired) electrons. The lowest BCUT2D eigenvalue weighted by Gasteiger charge is -2.06. The van der Waals surface area contributed by atoms with E-state index in [1.54, 1.807) is 19.1 Å². The monoisotopic (exact) mass is 243 g/mol. The summed E-state index contributed by atoms with van der Waals surface area (Å²) in [6.07, 6.45) is -2.47. The van der Waals surface area contributed by atoms with Gasteiger partial charge in [0.1, 0.15) is 0 Å². The Morgan fingerprint density at radius 3 is 2.88 bits per heavy atom. The summed E-state index contributed by atoms with van der Waals surface area (Å²) in [5.41, 5.74) is 0.701. The molecule has 0 spiro atoms. The van der Waals surface area contributed by atoms with Crippen LogP contribution in [-0.4, -0.2) is 19.1 Å². The van der Waals surface area contributed by atoms with Crippen LogP contribution in [0.25, 0.3) is 0 Å². The van der Waals surface area contributed by atoms with Crippen LogP contribution in [0.3, 0.4) is 0 Å². The lowest BCUT2D eigenvalue weighted by atomic mass is 10.1. The first-order valence-corrected chi connectivity index (χ1v) is 5.36. The third-order valence-electron chi connectivity index (χ3n) is 2.11. The van der Waals surface area contributed by atoms with Crippen LogP contribution in [0.5, 0.6) is 0 Å². The van der Waals surface area contributed by atoms with E-state index in [-0.39, 0.29) is 18.1 Å². The molecular weight excluding hydrogens is 228 g/mol. The van der Waals surface area contributed by atoms with Crippen LogP contribution >= 0.6 is 0 Å². The Morgan fingerprint density at radius 1 is 1.47 bits per heavy atom. The van der Waals surface area contributed by atoms with E-state index in [1.165, 1.54) is 12.1 Å². The van der Waals surface area contributed by atoms with Gasteiger partial charge in [-0.25, -0.2) is 8.78 Å². The molecule has 94 valence electrons. The first-order chi connectivity index (χ1) is 8.13. The van der Waals surface area contributed by atoms with Crippen molar-refractivity contribution in [3.63, 3.8) is 0 Å². The highest BCUT2D eigenvalue weighted by atomic mass is 19.3. The van der Waals surface area contributed by atoms with Crippen molar-refractivity contribution in [3.05, 3.63) is 35.4 Å². The van der Waals surface area contributed by atoms with Crippen molar-refractivity contribution in [3.8, 4) is 0 Å². The molecule has 1 aromatic carbocycles. The van der Waals surface area contributed by atoms with Crippen molar-refractivity contribution in [1.82, 2.24) is 5.32 Å². The molecule has 17 heavy (non-hydrogen) atoms. The quantitative estimate of drug-likeness (QED) is 0.779. The zero-order valence-corrected chi connectivity index (χ0v) is 9.58. The normalized spacial score (nSPS) is 10.6. The standard InChI is InChI=1S/C12H15F2NO2/c1-2-17-11(16)8-15-7-9-4-3-5-10(6-9)12(13)14/h3-6,12,15H,2,7-8H2,1H3. The Hall–Kier alpha value is -1.49. The summed E-state index contributed by atoms with van der Waals surface area (Å²) < 4.78 is 29.5. The molecule has 0 unspecified atom stereocenters. The minimum absolute atomic E-state index is 0.0135. The molecule has 0 amide bonds. The van der Waals surface area contributed by atoms with E-state index in [0.717, 1.165) is 0 Å². The fourth-order valence-electron chi connectivity index (χ4n) is 1.36. The highest BCUT2D eigenvalue weighted by molar-refractivity contribution is 5.71. The first kappa shape index (κ1) is 13.6. The number of esters is 1. The van der Waals surface area contributed by atoms with Crippen LogP contribution < -0.4 is 5.32 Å². The molecule has 0 aromatic heterocycles. The minimum atomic E-state index is -2.47. The topological polar surface area (TPSA) is 38.3 Å². The number of ether oxygens (including phenoxy) is 1. The molecule has 0 atom stereocenters. The molecule has 1 aromatic rings. The van der Waals surface area contributed by atoms with Gasteiger partial charge in [0.2, 0.25) is 0 Å². The van der Waals surface area contributed by atoms with Gasteiger partial charge in [0.05, 0.1) is 13.2 Å². The van der Waals surface area contributed by atoms with Crippen molar-refractivity contribution in [2.24, 2.45) is 0 Å². The molecule has 5 heteroatoms. The van der Waals surface area contributed by atoms with Crippen molar-refractivity contribution in [2.45, 2.75) is 19.9 Å². The van der Waals surface area contributed by atoms with Crippen molar-refractivity contribution >= 4 is 5.97 Å². The van der Waals surface area contributed by atoms with Gasteiger partial charge < -0.3 is 10.1 Å². The van der Waals surface area contributed by atoms with Gasteiger partial charge in [-0.1, -0.05) is 18.2 Å². The molecule has 0 aliphatic heterocycles. The first-order valence-electron chi connectivity index (χ1n) is 5.36. The number of hydrogen-bond acceptors (Lipinski definition) is 3. The Morgan fingerprint density at radius 2 is 2.24 bits per heavy atom.